The molecule has 27 heavy (non-hydrogen) atoms. The van der Waals surface area contributed by atoms with Gasteiger partial charge in [-0.3, -0.25) is 4.79 Å². The average Bonchev–Trinajstić information content (AvgIpc) is 3.05. The molecule has 3 rings (SSSR count). The topological polar surface area (TPSA) is 78.8 Å². The summed E-state index contributed by atoms with van der Waals surface area (Å²) in [4.78, 5) is 14.2. The Bertz CT molecular complexity index is 781. The maximum absolute atomic E-state index is 12.4. The van der Waals surface area contributed by atoms with E-state index in [2.05, 4.69) is 9.71 Å². The number of rotatable bonds is 6. The Morgan fingerprint density at radius 3 is 2.48 bits per heavy atom. The number of hydrogen-bond donors (Lipinski definition) is 1. The molecule has 2 fully saturated rings. The number of nitrogens with one attached hydrogen (secondary N) is 1. The maximum atomic E-state index is 12.4. The summed E-state index contributed by atoms with van der Waals surface area (Å²) in [7, 11) is -1.86. The third-order valence-corrected chi connectivity index (χ3v) is 6.82. The predicted molar refractivity (Wildman–Crippen MR) is 107 cm³/mol. The van der Waals surface area contributed by atoms with Gasteiger partial charge in [0, 0.05) is 32.1 Å². The summed E-state index contributed by atoms with van der Waals surface area (Å²) < 4.78 is 28.8. The van der Waals surface area contributed by atoms with Crippen LogP contribution >= 0.6 is 0 Å². The number of carbonyl (C=O) groups is 1. The first-order valence-electron chi connectivity index (χ1n) is 9.89. The molecule has 0 unspecified atom stereocenters. The van der Waals surface area contributed by atoms with E-state index in [0.717, 1.165) is 19.4 Å². The van der Waals surface area contributed by atoms with Gasteiger partial charge in [-0.15, -0.1) is 4.40 Å². The zero-order chi connectivity index (χ0) is 19.3. The van der Waals surface area contributed by atoms with Crippen LogP contribution in [-0.4, -0.2) is 38.7 Å². The number of likely N-dealkylation sites (tertiary alicyclic amines) is 1. The molecule has 1 amide bonds. The monoisotopic (exact) mass is 391 g/mol. The minimum absolute atomic E-state index is 0.0102. The predicted octanol–water partition coefficient (Wildman–Crippen LogP) is 3.80. The summed E-state index contributed by atoms with van der Waals surface area (Å²) in [6.07, 6.45) is 9.41. The molecule has 2 aliphatic rings. The number of anilines is 1. The first kappa shape index (κ1) is 19.9. The fourth-order valence-corrected chi connectivity index (χ4v) is 4.94. The quantitative estimate of drug-likeness (QED) is 0.800. The number of hydrogen-bond acceptors (Lipinski definition) is 3. The van der Waals surface area contributed by atoms with Crippen LogP contribution in [0.15, 0.2) is 33.6 Å². The molecule has 1 N–H and O–H groups in total. The van der Waals surface area contributed by atoms with E-state index in [1.54, 1.807) is 12.1 Å². The van der Waals surface area contributed by atoms with Crippen molar-refractivity contribution in [3.8, 4) is 0 Å². The van der Waals surface area contributed by atoms with Crippen LogP contribution in [0.3, 0.4) is 0 Å². The van der Waals surface area contributed by atoms with E-state index < -0.39 is 10.0 Å². The fraction of sp³-hybridized carbons (Fsp3) is 0.600. The first-order chi connectivity index (χ1) is 12.9. The lowest BCUT2D eigenvalue weighted by molar-refractivity contribution is -0.116. The largest absolute Gasteiger partial charge is 0.362 e. The zero-order valence-corrected chi connectivity index (χ0v) is 16.8. The van der Waals surface area contributed by atoms with Gasteiger partial charge in [0.15, 0.2) is 0 Å². The average molecular weight is 392 g/mol. The van der Waals surface area contributed by atoms with Gasteiger partial charge in [0.1, 0.15) is 5.84 Å². The lowest BCUT2D eigenvalue weighted by atomic mass is 9.86. The van der Waals surface area contributed by atoms with Crippen molar-refractivity contribution in [2.75, 3.05) is 18.9 Å². The normalized spacial score (nSPS) is 20.2. The van der Waals surface area contributed by atoms with E-state index in [9.17, 15) is 13.2 Å². The molecule has 0 spiro atoms. The van der Waals surface area contributed by atoms with Gasteiger partial charge in [-0.1, -0.05) is 32.1 Å². The van der Waals surface area contributed by atoms with E-state index in [-0.39, 0.29) is 10.8 Å². The van der Waals surface area contributed by atoms with E-state index in [4.69, 9.17) is 0 Å². The Kier molecular flexibility index (Phi) is 6.52. The molecule has 7 heteroatoms. The summed E-state index contributed by atoms with van der Waals surface area (Å²) in [5.41, 5.74) is 0.619. The van der Waals surface area contributed by atoms with E-state index in [1.807, 2.05) is 11.9 Å². The van der Waals surface area contributed by atoms with Crippen molar-refractivity contribution in [3.63, 3.8) is 0 Å². The Balaban J connectivity index is 1.55. The van der Waals surface area contributed by atoms with E-state index in [1.165, 1.54) is 44.2 Å². The van der Waals surface area contributed by atoms with Crippen LogP contribution in [0, 0.1) is 5.92 Å². The third-order valence-electron chi connectivity index (χ3n) is 5.50. The van der Waals surface area contributed by atoms with Crippen LogP contribution in [0.2, 0.25) is 0 Å². The van der Waals surface area contributed by atoms with Crippen LogP contribution in [0.25, 0.3) is 0 Å². The molecule has 1 heterocycles. The molecule has 148 valence electrons. The van der Waals surface area contributed by atoms with Gasteiger partial charge in [-0.2, -0.15) is 8.42 Å². The molecular weight excluding hydrogens is 362 g/mol. The van der Waals surface area contributed by atoms with Crippen LogP contribution in [0.1, 0.15) is 57.8 Å². The van der Waals surface area contributed by atoms with Crippen molar-refractivity contribution in [1.29, 1.82) is 0 Å². The van der Waals surface area contributed by atoms with Crippen molar-refractivity contribution < 1.29 is 13.2 Å². The van der Waals surface area contributed by atoms with Gasteiger partial charge in [0.25, 0.3) is 10.0 Å². The molecule has 0 aromatic heterocycles. The summed E-state index contributed by atoms with van der Waals surface area (Å²) in [5, 5.41) is 2.86. The second-order valence-corrected chi connectivity index (χ2v) is 9.23. The molecule has 1 aromatic rings. The van der Waals surface area contributed by atoms with Gasteiger partial charge in [0.05, 0.1) is 4.90 Å². The van der Waals surface area contributed by atoms with Crippen LogP contribution in [-0.2, 0) is 14.8 Å². The second-order valence-electron chi connectivity index (χ2n) is 7.62. The highest BCUT2D eigenvalue weighted by Gasteiger charge is 2.20. The molecule has 0 radical (unpaired) electrons. The molecule has 6 nitrogen and oxygen atoms in total. The summed E-state index contributed by atoms with van der Waals surface area (Å²) >= 11 is 0. The molecule has 0 atom stereocenters. The summed E-state index contributed by atoms with van der Waals surface area (Å²) in [6, 6.07) is 6.27. The Morgan fingerprint density at radius 2 is 1.85 bits per heavy atom. The van der Waals surface area contributed by atoms with Crippen LogP contribution in [0.5, 0.6) is 0 Å². The number of benzene rings is 1. The zero-order valence-electron chi connectivity index (χ0n) is 16.0. The molecule has 1 aromatic carbocycles. The second kappa shape index (κ2) is 8.87. The third kappa shape index (κ3) is 5.54. The standard InChI is InChI=1S/C20H29N3O3S/c1-23-15-5-8-19(23)22-27(25,26)18-12-10-17(11-13-18)21-20(24)14-9-16-6-3-2-4-7-16/h10-13,16H,2-9,14-15H2,1H3,(H,21,24). The highest BCUT2D eigenvalue weighted by molar-refractivity contribution is 7.90. The molecular formula is C20H29N3O3S. The minimum atomic E-state index is -3.71. The smallest absolute Gasteiger partial charge is 0.283 e. The number of carbonyl (C=O) groups excluding carboxylic acids is 1. The van der Waals surface area contributed by atoms with Crippen LogP contribution < -0.4 is 5.32 Å². The van der Waals surface area contributed by atoms with Crippen molar-refractivity contribution in [3.05, 3.63) is 24.3 Å². The molecule has 1 aliphatic heterocycles. The number of sulfonamides is 1. The van der Waals surface area contributed by atoms with Gasteiger partial charge in [0.2, 0.25) is 5.91 Å². The first-order valence-corrected chi connectivity index (χ1v) is 11.3. The van der Waals surface area contributed by atoms with Gasteiger partial charge >= 0.3 is 0 Å². The molecule has 1 saturated carbocycles. The molecule has 1 aliphatic carbocycles. The number of amidine groups is 1. The SMILES string of the molecule is CN1CCCC1=NS(=O)(=O)c1ccc(NC(=O)CCC2CCCCC2)cc1. The number of nitrogens with zero attached hydrogens (tertiary/aromatic N) is 2. The fourth-order valence-electron chi connectivity index (χ4n) is 3.85. The van der Waals surface area contributed by atoms with E-state index in [0.29, 0.717) is 30.3 Å². The van der Waals surface area contributed by atoms with Gasteiger partial charge < -0.3 is 10.2 Å². The Morgan fingerprint density at radius 1 is 1.15 bits per heavy atom. The Hall–Kier alpha value is -1.89. The van der Waals surface area contributed by atoms with Crippen molar-refractivity contribution in [2.24, 2.45) is 10.3 Å². The lowest BCUT2D eigenvalue weighted by Gasteiger charge is -2.21. The molecule has 1 saturated heterocycles. The Labute approximate surface area is 162 Å². The summed E-state index contributed by atoms with van der Waals surface area (Å²) in [5.74, 6) is 1.27. The van der Waals surface area contributed by atoms with Crippen molar-refractivity contribution in [1.82, 2.24) is 4.90 Å². The van der Waals surface area contributed by atoms with Gasteiger partial charge in [-0.25, -0.2) is 0 Å². The van der Waals surface area contributed by atoms with Crippen molar-refractivity contribution in [2.45, 2.75) is 62.7 Å². The lowest BCUT2D eigenvalue weighted by Crippen LogP contribution is -2.20. The van der Waals surface area contributed by atoms with E-state index >= 15 is 0 Å². The van der Waals surface area contributed by atoms with Crippen LogP contribution in [0.4, 0.5) is 5.69 Å². The van der Waals surface area contributed by atoms with Crippen molar-refractivity contribution >= 4 is 27.5 Å². The summed E-state index contributed by atoms with van der Waals surface area (Å²) in [6.45, 7) is 0.834. The molecule has 0 bridgehead atoms. The highest BCUT2D eigenvalue weighted by atomic mass is 32.2. The maximum Gasteiger partial charge on any atom is 0.283 e. The minimum Gasteiger partial charge on any atom is -0.362 e. The van der Waals surface area contributed by atoms with Gasteiger partial charge in [-0.05, 0) is 43.0 Å². The number of amides is 1. The highest BCUT2D eigenvalue weighted by Crippen LogP contribution is 2.27.